The molecule has 0 saturated carbocycles. The van der Waals surface area contributed by atoms with Crippen LogP contribution in [0.25, 0.3) is 11.1 Å². The number of esters is 1. The number of benzene rings is 2. The number of ether oxygens (including phenoxy) is 2. The van der Waals surface area contributed by atoms with Crippen LogP contribution < -0.4 is 0 Å². The van der Waals surface area contributed by atoms with E-state index in [-0.39, 0.29) is 18.3 Å². The molecule has 2 bridgehead atoms. The number of hydrogen-bond acceptors (Lipinski definition) is 3. The molecule has 0 spiro atoms. The van der Waals surface area contributed by atoms with Gasteiger partial charge in [0.15, 0.2) is 0 Å². The Morgan fingerprint density at radius 2 is 1.50 bits per heavy atom. The van der Waals surface area contributed by atoms with E-state index in [0.717, 1.165) is 28.5 Å². The molecule has 3 fully saturated rings. The Labute approximate surface area is 163 Å². The van der Waals surface area contributed by atoms with Gasteiger partial charge in [-0.3, -0.25) is 0 Å². The molecule has 2 aromatic rings. The summed E-state index contributed by atoms with van der Waals surface area (Å²) in [5.41, 5.74) is 0.0833. The average molecular weight is 380 g/mol. The average Bonchev–Trinajstić information content (AvgIpc) is 3.40. The van der Waals surface area contributed by atoms with Crippen LogP contribution >= 0.6 is 0 Å². The Bertz CT molecular complexity index is 937. The van der Waals surface area contributed by atoms with Crippen LogP contribution in [0.4, 0.5) is 4.39 Å². The molecule has 6 rings (SSSR count). The maximum absolute atomic E-state index is 16.4. The van der Waals surface area contributed by atoms with Gasteiger partial charge in [-0.25, -0.2) is 9.18 Å². The third-order valence-electron chi connectivity index (χ3n) is 7.48. The van der Waals surface area contributed by atoms with Gasteiger partial charge in [0.05, 0.1) is 14.1 Å². The van der Waals surface area contributed by atoms with Crippen LogP contribution in [-0.4, -0.2) is 54.9 Å². The molecule has 2 aromatic carbocycles. The van der Waals surface area contributed by atoms with Crippen molar-refractivity contribution in [2.45, 2.75) is 48.9 Å². The quantitative estimate of drug-likeness (QED) is 0.456. The molecule has 4 nitrogen and oxygen atoms in total. The minimum Gasteiger partial charge on any atom is -0.459 e. The third-order valence-corrected chi connectivity index (χ3v) is 7.48. The summed E-state index contributed by atoms with van der Waals surface area (Å²) < 4.78 is 29.0. The molecule has 0 aromatic heterocycles. The van der Waals surface area contributed by atoms with Crippen LogP contribution in [0, 0.1) is 0 Å². The van der Waals surface area contributed by atoms with Crippen LogP contribution in [0.5, 0.6) is 0 Å². The van der Waals surface area contributed by atoms with Gasteiger partial charge in [0, 0.05) is 24.0 Å². The SMILES string of the molecule is C[N+]1(C)C2C[C@H](OC(=O)C3(F)c4ccccc4-c4ccccc43)CC1[C@H]1OC21. The molecule has 28 heavy (non-hydrogen) atoms. The minimum absolute atomic E-state index is 0.252. The monoisotopic (exact) mass is 380 g/mol. The van der Waals surface area contributed by atoms with Gasteiger partial charge in [-0.15, -0.1) is 0 Å². The second kappa shape index (κ2) is 5.22. The number of hydrogen-bond donors (Lipinski definition) is 0. The van der Waals surface area contributed by atoms with Gasteiger partial charge in [-0.2, -0.15) is 0 Å². The normalized spacial score (nSPS) is 34.9. The Morgan fingerprint density at radius 1 is 1.00 bits per heavy atom. The second-order valence-electron chi connectivity index (χ2n) is 9.08. The first-order valence-corrected chi connectivity index (χ1v) is 10.0. The highest BCUT2D eigenvalue weighted by molar-refractivity contribution is 5.96. The number of nitrogens with zero attached hydrogens (tertiary/aromatic N) is 1. The number of halogens is 1. The fourth-order valence-corrected chi connectivity index (χ4v) is 5.94. The van der Waals surface area contributed by atoms with Gasteiger partial charge in [0.25, 0.3) is 5.67 Å². The lowest BCUT2D eigenvalue weighted by Crippen LogP contribution is -2.60. The van der Waals surface area contributed by atoms with Crippen molar-refractivity contribution in [1.29, 1.82) is 0 Å². The fraction of sp³-hybridized carbons (Fsp3) is 0.435. The Morgan fingerprint density at radius 3 is 2.04 bits per heavy atom. The zero-order valence-corrected chi connectivity index (χ0v) is 16.0. The number of likely N-dealkylation sites (N-methyl/N-ethyl adjacent to an activating group) is 1. The number of carbonyl (C=O) groups is 1. The van der Waals surface area contributed by atoms with Crippen LogP contribution in [-0.2, 0) is 19.9 Å². The largest absolute Gasteiger partial charge is 0.459 e. The van der Waals surface area contributed by atoms with Gasteiger partial charge < -0.3 is 14.0 Å². The lowest BCUT2D eigenvalue weighted by atomic mass is 9.92. The summed E-state index contributed by atoms with van der Waals surface area (Å²) in [6.45, 7) is 0. The second-order valence-corrected chi connectivity index (χ2v) is 9.08. The summed E-state index contributed by atoms with van der Waals surface area (Å²) in [5, 5.41) is 0. The van der Waals surface area contributed by atoms with Crippen molar-refractivity contribution >= 4 is 5.97 Å². The van der Waals surface area contributed by atoms with Crippen LogP contribution in [0.15, 0.2) is 48.5 Å². The first-order chi connectivity index (χ1) is 13.4. The van der Waals surface area contributed by atoms with Gasteiger partial charge in [-0.05, 0) is 11.1 Å². The molecular formula is C23H23FNO3+. The Balaban J connectivity index is 1.33. The summed E-state index contributed by atoms with van der Waals surface area (Å²) >= 11 is 0. The fourth-order valence-electron chi connectivity index (χ4n) is 5.94. The highest BCUT2D eigenvalue weighted by Gasteiger charge is 2.71. The number of morpholine rings is 1. The molecule has 144 valence electrons. The highest BCUT2D eigenvalue weighted by Crippen LogP contribution is 2.53. The molecule has 3 saturated heterocycles. The minimum atomic E-state index is -2.24. The van der Waals surface area contributed by atoms with Crippen molar-refractivity contribution in [3.05, 3.63) is 59.7 Å². The first kappa shape index (κ1) is 16.7. The molecule has 5 atom stereocenters. The van der Waals surface area contributed by atoms with E-state index in [2.05, 4.69) is 14.1 Å². The zero-order chi connectivity index (χ0) is 19.3. The third kappa shape index (κ3) is 1.93. The van der Waals surface area contributed by atoms with Crippen molar-refractivity contribution in [1.82, 2.24) is 0 Å². The standard InChI is InChI=1S/C23H23FNO3/c1-25(2)18-11-13(12-19(25)21-20(18)28-21)27-22(26)23(24)16-9-5-3-7-14(16)15-8-4-6-10-17(15)23/h3-10,13,18-21H,11-12H2,1-2H3/q+1/t13-,18?,19?,20-,21?/m1/s1. The Kier molecular flexibility index (Phi) is 3.11. The smallest absolute Gasteiger partial charge is 0.353 e. The number of carbonyl (C=O) groups excluding carboxylic acids is 1. The van der Waals surface area contributed by atoms with Crippen LogP contribution in [0.1, 0.15) is 24.0 Å². The van der Waals surface area contributed by atoms with E-state index in [4.69, 9.17) is 9.47 Å². The summed E-state index contributed by atoms with van der Waals surface area (Å²) in [6.07, 6.45) is 1.76. The molecule has 5 heteroatoms. The zero-order valence-electron chi connectivity index (χ0n) is 16.0. The van der Waals surface area contributed by atoms with Crippen molar-refractivity contribution in [3.63, 3.8) is 0 Å². The van der Waals surface area contributed by atoms with E-state index in [9.17, 15) is 4.79 Å². The number of fused-ring (bicyclic) bond motifs is 8. The predicted molar refractivity (Wildman–Crippen MR) is 101 cm³/mol. The Hall–Kier alpha value is -2.24. The molecule has 0 radical (unpaired) electrons. The van der Waals surface area contributed by atoms with E-state index in [0.29, 0.717) is 23.2 Å². The number of piperidine rings is 1. The van der Waals surface area contributed by atoms with Crippen molar-refractivity contribution in [2.75, 3.05) is 14.1 Å². The molecule has 3 aliphatic heterocycles. The van der Waals surface area contributed by atoms with E-state index < -0.39 is 11.6 Å². The summed E-state index contributed by atoms with van der Waals surface area (Å²) in [7, 11) is 4.45. The van der Waals surface area contributed by atoms with Crippen molar-refractivity contribution in [3.8, 4) is 11.1 Å². The predicted octanol–water partition coefficient (Wildman–Crippen LogP) is 3.18. The van der Waals surface area contributed by atoms with Crippen LogP contribution in [0.3, 0.4) is 0 Å². The van der Waals surface area contributed by atoms with Crippen molar-refractivity contribution in [2.24, 2.45) is 0 Å². The maximum atomic E-state index is 16.4. The number of rotatable bonds is 2. The molecule has 1 aliphatic carbocycles. The highest BCUT2D eigenvalue weighted by atomic mass is 19.1. The van der Waals surface area contributed by atoms with Crippen molar-refractivity contribution < 1.29 is 23.1 Å². The molecular weight excluding hydrogens is 357 g/mol. The van der Waals surface area contributed by atoms with E-state index in [1.807, 2.05) is 24.3 Å². The molecule has 3 unspecified atom stereocenters. The summed E-state index contributed by atoms with van der Waals surface area (Å²) in [5.74, 6) is -0.781. The molecule has 0 amide bonds. The van der Waals surface area contributed by atoms with E-state index >= 15 is 4.39 Å². The van der Waals surface area contributed by atoms with Gasteiger partial charge in [0.1, 0.15) is 30.4 Å². The van der Waals surface area contributed by atoms with Crippen LogP contribution in [0.2, 0.25) is 0 Å². The molecule has 0 N–H and O–H groups in total. The summed E-state index contributed by atoms with van der Waals surface area (Å²) in [4.78, 5) is 13.2. The number of epoxide rings is 1. The molecule has 4 aliphatic rings. The van der Waals surface area contributed by atoms with E-state index in [1.165, 1.54) is 0 Å². The van der Waals surface area contributed by atoms with Gasteiger partial charge in [-0.1, -0.05) is 48.5 Å². The lowest BCUT2D eigenvalue weighted by Gasteiger charge is -2.45. The topological polar surface area (TPSA) is 38.8 Å². The summed E-state index contributed by atoms with van der Waals surface area (Å²) in [6, 6.07) is 15.1. The number of alkyl halides is 1. The number of quaternary nitrogens is 1. The lowest BCUT2D eigenvalue weighted by molar-refractivity contribution is -0.938. The van der Waals surface area contributed by atoms with Gasteiger partial charge >= 0.3 is 5.97 Å². The van der Waals surface area contributed by atoms with Gasteiger partial charge in [0.2, 0.25) is 0 Å². The van der Waals surface area contributed by atoms with E-state index in [1.54, 1.807) is 24.3 Å². The first-order valence-electron chi connectivity index (χ1n) is 10.0. The maximum Gasteiger partial charge on any atom is 0.353 e. The molecule has 3 heterocycles.